The Morgan fingerprint density at radius 2 is 2.23 bits per heavy atom. The third kappa shape index (κ3) is 3.37. The van der Waals surface area contributed by atoms with Gasteiger partial charge in [0.2, 0.25) is 0 Å². The van der Waals surface area contributed by atoms with E-state index in [0.29, 0.717) is 10.6 Å². The molecule has 1 unspecified atom stereocenters. The lowest BCUT2D eigenvalue weighted by Crippen LogP contribution is -2.57. The summed E-state index contributed by atoms with van der Waals surface area (Å²) >= 11 is 8.20. The first kappa shape index (κ1) is 17.9. The number of nitriles is 1. The number of pyridine rings is 1. The Kier molecular flexibility index (Phi) is 5.23. The van der Waals surface area contributed by atoms with Crippen LogP contribution in [0.5, 0.6) is 0 Å². The van der Waals surface area contributed by atoms with Crippen LogP contribution in [0.2, 0.25) is 5.02 Å². The molecule has 136 valence electrons. The van der Waals surface area contributed by atoms with Gasteiger partial charge in [-0.3, -0.25) is 9.88 Å². The predicted octanol–water partition coefficient (Wildman–Crippen LogP) is 3.38. The van der Waals surface area contributed by atoms with Gasteiger partial charge in [-0.05, 0) is 30.4 Å². The minimum Gasteiger partial charge on any atom is -0.381 e. The number of morpholine rings is 1. The fourth-order valence-corrected chi connectivity index (χ4v) is 5.48. The molecule has 1 aromatic carbocycles. The van der Waals surface area contributed by atoms with Crippen molar-refractivity contribution in [2.75, 3.05) is 49.7 Å². The van der Waals surface area contributed by atoms with Gasteiger partial charge in [-0.15, -0.1) is 0 Å². The molecule has 1 aromatic heterocycles. The summed E-state index contributed by atoms with van der Waals surface area (Å²) in [6.45, 7) is 4.33. The van der Waals surface area contributed by atoms with E-state index in [1.807, 2.05) is 30.0 Å². The summed E-state index contributed by atoms with van der Waals surface area (Å²) < 4.78 is 5.54. The van der Waals surface area contributed by atoms with Crippen molar-refractivity contribution in [1.29, 1.82) is 5.26 Å². The molecular weight excluding hydrogens is 368 g/mol. The maximum atomic E-state index is 9.56. The number of fused-ring (bicyclic) bond motifs is 1. The van der Waals surface area contributed by atoms with Crippen molar-refractivity contribution < 1.29 is 4.74 Å². The van der Waals surface area contributed by atoms with Gasteiger partial charge in [0.05, 0.1) is 30.0 Å². The molecular formula is C19H21ClN4OS. The number of nitrogens with zero attached hydrogens (tertiary/aromatic N) is 3. The molecule has 2 fully saturated rings. The number of nitrogens with one attached hydrogen (secondary N) is 1. The first-order valence-corrected chi connectivity index (χ1v) is 10.4. The monoisotopic (exact) mass is 388 g/mol. The highest BCUT2D eigenvalue weighted by molar-refractivity contribution is 7.99. The van der Waals surface area contributed by atoms with Crippen LogP contribution in [0.4, 0.5) is 5.69 Å². The van der Waals surface area contributed by atoms with E-state index in [1.54, 1.807) is 6.20 Å². The Morgan fingerprint density at radius 3 is 2.96 bits per heavy atom. The summed E-state index contributed by atoms with van der Waals surface area (Å²) in [6, 6.07) is 7.88. The number of benzene rings is 1. The Morgan fingerprint density at radius 1 is 1.38 bits per heavy atom. The van der Waals surface area contributed by atoms with Gasteiger partial charge in [-0.1, -0.05) is 11.6 Å². The minimum absolute atomic E-state index is 0.106. The molecule has 2 aromatic rings. The molecule has 0 aliphatic carbocycles. The second-order valence-electron chi connectivity index (χ2n) is 6.80. The van der Waals surface area contributed by atoms with Crippen LogP contribution in [-0.4, -0.2) is 59.8 Å². The van der Waals surface area contributed by atoms with Gasteiger partial charge < -0.3 is 10.1 Å². The van der Waals surface area contributed by atoms with E-state index in [4.69, 9.17) is 16.3 Å². The molecule has 2 aliphatic heterocycles. The topological polar surface area (TPSA) is 61.2 Å². The number of aromatic nitrogens is 1. The fraction of sp³-hybridized carbons (Fsp3) is 0.474. The van der Waals surface area contributed by atoms with Crippen molar-refractivity contribution in [2.24, 2.45) is 0 Å². The number of hydrogen-bond donors (Lipinski definition) is 1. The number of thioether (sulfide) groups is 1. The largest absolute Gasteiger partial charge is 0.381 e. The number of hydrogen-bond acceptors (Lipinski definition) is 6. The minimum atomic E-state index is 0.106. The van der Waals surface area contributed by atoms with Crippen LogP contribution in [-0.2, 0) is 4.74 Å². The molecule has 1 N–H and O–H groups in total. The molecule has 3 heterocycles. The normalized spacial score (nSPS) is 23.8. The molecule has 4 rings (SSSR count). The Balaban J connectivity index is 1.66. The van der Waals surface area contributed by atoms with Crippen LogP contribution < -0.4 is 5.32 Å². The highest BCUT2D eigenvalue weighted by Crippen LogP contribution is 2.36. The van der Waals surface area contributed by atoms with E-state index in [9.17, 15) is 5.26 Å². The van der Waals surface area contributed by atoms with Crippen LogP contribution in [0, 0.1) is 11.3 Å². The zero-order valence-corrected chi connectivity index (χ0v) is 16.1. The predicted molar refractivity (Wildman–Crippen MR) is 107 cm³/mol. The maximum absolute atomic E-state index is 9.56. The summed E-state index contributed by atoms with van der Waals surface area (Å²) in [6.07, 6.45) is 2.79. The van der Waals surface area contributed by atoms with Crippen molar-refractivity contribution in [2.45, 2.75) is 12.0 Å². The standard InChI is InChI=1S/C19H21ClN4OS/c20-15-1-2-17-16(9-15)18(14(10-21)11-22-17)23-12-19(3-8-26-13-19)24-4-6-25-7-5-24/h1-2,9,11H,3-8,12-13H2,(H,22,23). The molecule has 2 aliphatic rings. The van der Waals surface area contributed by atoms with Crippen LogP contribution in [0.25, 0.3) is 10.9 Å². The molecule has 0 bridgehead atoms. The lowest BCUT2D eigenvalue weighted by atomic mass is 9.95. The Bertz CT molecular complexity index is 841. The molecule has 0 spiro atoms. The van der Waals surface area contributed by atoms with E-state index in [2.05, 4.69) is 21.3 Å². The maximum Gasteiger partial charge on any atom is 0.103 e. The number of ether oxygens (including phenoxy) is 1. The van der Waals surface area contributed by atoms with Crippen LogP contribution in [0.1, 0.15) is 12.0 Å². The zero-order valence-electron chi connectivity index (χ0n) is 14.5. The van der Waals surface area contributed by atoms with Crippen LogP contribution in [0.15, 0.2) is 24.4 Å². The lowest BCUT2D eigenvalue weighted by molar-refractivity contribution is -0.00919. The summed E-state index contributed by atoms with van der Waals surface area (Å²) in [5, 5.41) is 14.7. The van der Waals surface area contributed by atoms with Gasteiger partial charge in [0.1, 0.15) is 6.07 Å². The van der Waals surface area contributed by atoms with E-state index >= 15 is 0 Å². The van der Waals surface area contributed by atoms with Crippen molar-refractivity contribution in [3.05, 3.63) is 35.0 Å². The third-order valence-electron chi connectivity index (χ3n) is 5.31. The third-order valence-corrected chi connectivity index (χ3v) is 6.78. The highest BCUT2D eigenvalue weighted by Gasteiger charge is 2.40. The smallest absolute Gasteiger partial charge is 0.103 e. The van der Waals surface area contributed by atoms with Gasteiger partial charge in [0.25, 0.3) is 0 Å². The van der Waals surface area contributed by atoms with Crippen LogP contribution >= 0.6 is 23.4 Å². The average Bonchev–Trinajstić information content (AvgIpc) is 3.17. The summed E-state index contributed by atoms with van der Waals surface area (Å²) in [4.78, 5) is 6.95. The number of rotatable bonds is 4. The number of anilines is 1. The summed E-state index contributed by atoms with van der Waals surface area (Å²) in [7, 11) is 0. The zero-order chi connectivity index (χ0) is 18.0. The SMILES string of the molecule is N#Cc1cnc2ccc(Cl)cc2c1NCC1(N2CCOCC2)CCSC1. The quantitative estimate of drug-likeness (QED) is 0.866. The molecule has 7 heteroatoms. The molecule has 5 nitrogen and oxygen atoms in total. The van der Waals surface area contributed by atoms with Gasteiger partial charge in [0.15, 0.2) is 0 Å². The molecule has 2 saturated heterocycles. The molecule has 0 amide bonds. The van der Waals surface area contributed by atoms with Gasteiger partial charge in [0, 0.05) is 47.5 Å². The molecule has 0 radical (unpaired) electrons. The second kappa shape index (κ2) is 7.61. The summed E-state index contributed by atoms with van der Waals surface area (Å²) in [5.74, 6) is 2.28. The molecule has 0 saturated carbocycles. The van der Waals surface area contributed by atoms with E-state index in [-0.39, 0.29) is 5.54 Å². The Hall–Kier alpha value is -1.52. The average molecular weight is 389 g/mol. The van der Waals surface area contributed by atoms with Crippen LogP contribution in [0.3, 0.4) is 0 Å². The van der Waals surface area contributed by atoms with Gasteiger partial charge in [-0.25, -0.2) is 0 Å². The number of halogens is 1. The first-order chi connectivity index (χ1) is 12.7. The fourth-order valence-electron chi connectivity index (χ4n) is 3.83. The second-order valence-corrected chi connectivity index (χ2v) is 8.34. The van der Waals surface area contributed by atoms with Crippen molar-refractivity contribution >= 4 is 40.0 Å². The summed E-state index contributed by atoms with van der Waals surface area (Å²) in [5.41, 5.74) is 2.35. The van der Waals surface area contributed by atoms with Crippen molar-refractivity contribution in [1.82, 2.24) is 9.88 Å². The van der Waals surface area contributed by atoms with Gasteiger partial charge in [-0.2, -0.15) is 17.0 Å². The molecule has 26 heavy (non-hydrogen) atoms. The van der Waals surface area contributed by atoms with Gasteiger partial charge >= 0.3 is 0 Å². The first-order valence-electron chi connectivity index (χ1n) is 8.85. The van der Waals surface area contributed by atoms with Crippen molar-refractivity contribution in [3.63, 3.8) is 0 Å². The van der Waals surface area contributed by atoms with E-state index < -0.39 is 0 Å². The lowest BCUT2D eigenvalue weighted by Gasteiger charge is -2.43. The van der Waals surface area contributed by atoms with Crippen molar-refractivity contribution in [3.8, 4) is 6.07 Å². The molecule has 1 atom stereocenters. The highest BCUT2D eigenvalue weighted by atomic mass is 35.5. The van der Waals surface area contributed by atoms with E-state index in [1.165, 1.54) is 5.75 Å². The van der Waals surface area contributed by atoms with E-state index in [0.717, 1.165) is 61.6 Å². The Labute approximate surface area is 162 Å².